The first kappa shape index (κ1) is 20.3. The summed E-state index contributed by atoms with van der Waals surface area (Å²) in [6, 6.07) is 15.7. The molecule has 0 aromatic heterocycles. The number of benzene rings is 3. The number of hydrogen-bond acceptors (Lipinski definition) is 4. The second-order valence-corrected chi connectivity index (χ2v) is 7.08. The van der Waals surface area contributed by atoms with Crippen molar-refractivity contribution in [2.45, 2.75) is 12.8 Å². The molecule has 4 nitrogen and oxygen atoms in total. The lowest BCUT2D eigenvalue weighted by Gasteiger charge is -2.21. The molecule has 5 heteroatoms. The van der Waals surface area contributed by atoms with E-state index in [1.165, 1.54) is 6.07 Å². The van der Waals surface area contributed by atoms with Gasteiger partial charge in [0.1, 0.15) is 17.3 Å². The van der Waals surface area contributed by atoms with Crippen LogP contribution in [0, 0.1) is 5.82 Å². The molecule has 0 amide bonds. The number of halogens is 1. The number of carbonyl (C=O) groups excluding carboxylic acids is 2. The minimum Gasteiger partial charge on any atom is -0.423 e. The summed E-state index contributed by atoms with van der Waals surface area (Å²) in [5.41, 5.74) is 5.52. The Labute approximate surface area is 179 Å². The van der Waals surface area contributed by atoms with Gasteiger partial charge in [-0.1, -0.05) is 37.4 Å². The predicted octanol–water partition coefficient (Wildman–Crippen LogP) is 5.44. The highest BCUT2D eigenvalue weighted by Gasteiger charge is 2.19. The fourth-order valence-electron chi connectivity index (χ4n) is 3.71. The van der Waals surface area contributed by atoms with Crippen LogP contribution < -0.4 is 9.47 Å². The van der Waals surface area contributed by atoms with E-state index in [-0.39, 0.29) is 5.75 Å². The van der Waals surface area contributed by atoms with Crippen molar-refractivity contribution in [2.24, 2.45) is 0 Å². The highest BCUT2D eigenvalue weighted by molar-refractivity contribution is 5.84. The summed E-state index contributed by atoms with van der Waals surface area (Å²) < 4.78 is 24.9. The molecule has 1 aliphatic rings. The molecule has 3 aromatic carbocycles. The Kier molecular flexibility index (Phi) is 5.50. The summed E-state index contributed by atoms with van der Waals surface area (Å²) in [6.07, 6.45) is 3.72. The molecule has 0 aliphatic heterocycles. The number of carbonyl (C=O) groups is 2. The summed E-state index contributed by atoms with van der Waals surface area (Å²) in [6.45, 7) is 6.74. The third kappa shape index (κ3) is 4.16. The molecular weight excluding hydrogens is 395 g/mol. The molecule has 0 N–H and O–H groups in total. The molecule has 0 bridgehead atoms. The molecule has 154 valence electrons. The number of rotatable bonds is 5. The maximum atomic E-state index is 14.7. The predicted molar refractivity (Wildman–Crippen MR) is 116 cm³/mol. The lowest BCUT2D eigenvalue weighted by Crippen LogP contribution is -2.07. The topological polar surface area (TPSA) is 52.6 Å². The molecule has 0 atom stereocenters. The quantitative estimate of drug-likeness (QED) is 0.317. The number of ether oxygens (including phenoxy) is 2. The van der Waals surface area contributed by atoms with Crippen LogP contribution in [0.1, 0.15) is 11.1 Å². The Morgan fingerprint density at radius 2 is 1.26 bits per heavy atom. The van der Waals surface area contributed by atoms with E-state index >= 15 is 0 Å². The molecule has 1 aliphatic carbocycles. The summed E-state index contributed by atoms with van der Waals surface area (Å²) in [5, 5.41) is 0. The van der Waals surface area contributed by atoms with Crippen molar-refractivity contribution < 1.29 is 23.5 Å². The van der Waals surface area contributed by atoms with Gasteiger partial charge in [0, 0.05) is 23.8 Å². The molecule has 4 rings (SSSR count). The summed E-state index contributed by atoms with van der Waals surface area (Å²) in [5.74, 6) is -0.983. The first-order valence-corrected chi connectivity index (χ1v) is 9.73. The average molecular weight is 414 g/mol. The number of esters is 2. The molecule has 0 saturated heterocycles. The van der Waals surface area contributed by atoms with E-state index in [0.717, 1.165) is 52.8 Å². The number of aryl methyl sites for hydroxylation is 2. The monoisotopic (exact) mass is 414 g/mol. The van der Waals surface area contributed by atoms with Crippen LogP contribution in [0.2, 0.25) is 0 Å². The SMILES string of the molecule is C=CC(=O)Oc1ccc(-c2ccc3c(c2)CCc2cc(OC(=O)C=C)ccc2-3)c(F)c1. The van der Waals surface area contributed by atoms with Gasteiger partial charge in [-0.25, -0.2) is 14.0 Å². The summed E-state index contributed by atoms with van der Waals surface area (Å²) in [7, 11) is 0. The second kappa shape index (κ2) is 8.40. The molecule has 31 heavy (non-hydrogen) atoms. The average Bonchev–Trinajstić information content (AvgIpc) is 2.78. The Bertz CT molecular complexity index is 1230. The van der Waals surface area contributed by atoms with Crippen LogP contribution in [0.15, 0.2) is 79.9 Å². The van der Waals surface area contributed by atoms with Crippen molar-refractivity contribution in [2.75, 3.05) is 0 Å². The van der Waals surface area contributed by atoms with Crippen molar-refractivity contribution in [3.63, 3.8) is 0 Å². The molecule has 0 fully saturated rings. The molecule has 3 aromatic rings. The minimum atomic E-state index is -0.637. The van der Waals surface area contributed by atoms with E-state index in [9.17, 15) is 14.0 Å². The van der Waals surface area contributed by atoms with Gasteiger partial charge in [0.25, 0.3) is 0 Å². The Morgan fingerprint density at radius 1 is 0.742 bits per heavy atom. The third-order valence-corrected chi connectivity index (χ3v) is 5.16. The van der Waals surface area contributed by atoms with Crippen LogP contribution in [0.3, 0.4) is 0 Å². The van der Waals surface area contributed by atoms with Crippen molar-refractivity contribution >= 4 is 11.9 Å². The van der Waals surface area contributed by atoms with Crippen molar-refractivity contribution in [1.82, 2.24) is 0 Å². The standard InChI is InChI=1S/C26H19FO4/c1-3-25(28)30-19-8-11-22-18(14-19)6-5-16-13-17(7-10-21(16)22)23-12-9-20(15-24(23)27)31-26(29)4-2/h3-4,7-15H,1-2,5-6H2. The van der Waals surface area contributed by atoms with Crippen LogP contribution in [-0.2, 0) is 22.4 Å². The molecule has 0 spiro atoms. The molecule has 0 saturated carbocycles. The molecular formula is C26H19FO4. The van der Waals surface area contributed by atoms with E-state index in [2.05, 4.69) is 13.2 Å². The normalized spacial score (nSPS) is 11.6. The van der Waals surface area contributed by atoms with Gasteiger partial charge >= 0.3 is 11.9 Å². The lowest BCUT2D eigenvalue weighted by atomic mass is 9.84. The highest BCUT2D eigenvalue weighted by atomic mass is 19.1. The van der Waals surface area contributed by atoms with E-state index in [1.807, 2.05) is 30.3 Å². The highest BCUT2D eigenvalue weighted by Crippen LogP contribution is 2.38. The van der Waals surface area contributed by atoms with Gasteiger partial charge in [-0.2, -0.15) is 0 Å². The van der Waals surface area contributed by atoms with Crippen molar-refractivity contribution in [3.05, 3.63) is 96.9 Å². The van der Waals surface area contributed by atoms with E-state index in [1.54, 1.807) is 18.2 Å². The Hall–Kier alpha value is -3.99. The third-order valence-electron chi connectivity index (χ3n) is 5.16. The lowest BCUT2D eigenvalue weighted by molar-refractivity contribution is -0.129. The summed E-state index contributed by atoms with van der Waals surface area (Å²) in [4.78, 5) is 22.7. The number of fused-ring (bicyclic) bond motifs is 3. The molecule has 0 heterocycles. The molecule has 0 unspecified atom stereocenters. The van der Waals surface area contributed by atoms with Crippen LogP contribution in [-0.4, -0.2) is 11.9 Å². The van der Waals surface area contributed by atoms with Crippen molar-refractivity contribution in [3.8, 4) is 33.8 Å². The zero-order valence-electron chi connectivity index (χ0n) is 16.7. The first-order valence-electron chi connectivity index (χ1n) is 9.73. The summed E-state index contributed by atoms with van der Waals surface area (Å²) >= 11 is 0. The number of hydrogen-bond donors (Lipinski definition) is 0. The van der Waals surface area contributed by atoms with Gasteiger partial charge in [0.2, 0.25) is 0 Å². The zero-order valence-corrected chi connectivity index (χ0v) is 16.7. The van der Waals surface area contributed by atoms with Crippen LogP contribution in [0.25, 0.3) is 22.3 Å². The fourth-order valence-corrected chi connectivity index (χ4v) is 3.71. The minimum absolute atomic E-state index is 0.131. The van der Waals surface area contributed by atoms with Gasteiger partial charge in [0.15, 0.2) is 0 Å². The maximum Gasteiger partial charge on any atom is 0.335 e. The second-order valence-electron chi connectivity index (χ2n) is 7.08. The van der Waals surface area contributed by atoms with Gasteiger partial charge in [-0.15, -0.1) is 0 Å². The van der Waals surface area contributed by atoms with Crippen LogP contribution in [0.5, 0.6) is 11.5 Å². The Morgan fingerprint density at radius 3 is 1.84 bits per heavy atom. The van der Waals surface area contributed by atoms with Gasteiger partial charge < -0.3 is 9.47 Å². The fraction of sp³-hybridized carbons (Fsp3) is 0.0769. The van der Waals surface area contributed by atoms with E-state index < -0.39 is 17.8 Å². The van der Waals surface area contributed by atoms with Gasteiger partial charge in [-0.05, 0) is 64.9 Å². The van der Waals surface area contributed by atoms with Gasteiger partial charge in [-0.3, -0.25) is 0 Å². The van der Waals surface area contributed by atoms with E-state index in [0.29, 0.717) is 11.3 Å². The zero-order chi connectivity index (χ0) is 22.0. The smallest absolute Gasteiger partial charge is 0.335 e. The first-order chi connectivity index (χ1) is 15.0. The maximum absolute atomic E-state index is 14.7. The largest absolute Gasteiger partial charge is 0.423 e. The van der Waals surface area contributed by atoms with Crippen molar-refractivity contribution in [1.29, 1.82) is 0 Å². The van der Waals surface area contributed by atoms with E-state index in [4.69, 9.17) is 9.47 Å². The van der Waals surface area contributed by atoms with Gasteiger partial charge in [0.05, 0.1) is 0 Å². The van der Waals surface area contributed by atoms with Crippen LogP contribution >= 0.6 is 0 Å². The molecule has 0 radical (unpaired) electrons. The van der Waals surface area contributed by atoms with Crippen LogP contribution in [0.4, 0.5) is 4.39 Å². The Balaban J connectivity index is 1.63.